The van der Waals surface area contributed by atoms with E-state index in [9.17, 15) is 4.57 Å². The Balaban J connectivity index is 1.67. The summed E-state index contributed by atoms with van der Waals surface area (Å²) in [7, 11) is -3.73. The highest BCUT2D eigenvalue weighted by Gasteiger charge is 2.57. The van der Waals surface area contributed by atoms with E-state index in [1.54, 1.807) is 18.4 Å². The molecule has 2 aliphatic heterocycles. The Labute approximate surface area is 159 Å². The highest BCUT2D eigenvalue weighted by Crippen LogP contribution is 2.60. The van der Waals surface area contributed by atoms with Crippen molar-refractivity contribution >= 4 is 36.4 Å². The number of phosphoric ester groups is 1. The summed E-state index contributed by atoms with van der Waals surface area (Å²) in [5, 5.41) is -0.0155. The van der Waals surface area contributed by atoms with Crippen molar-refractivity contribution in [3.8, 4) is 12.3 Å². The van der Waals surface area contributed by atoms with Crippen molar-refractivity contribution < 1.29 is 22.9 Å². The number of phosphoric acid groups is 1. The fraction of sp³-hybridized carbons (Fsp3) is 0.533. The lowest BCUT2D eigenvalue weighted by Gasteiger charge is -2.36. The number of fused-ring (bicyclic) bond motifs is 2. The van der Waals surface area contributed by atoms with Crippen molar-refractivity contribution in [1.82, 2.24) is 19.5 Å². The molecule has 2 aliphatic rings. The predicted octanol–water partition coefficient (Wildman–Crippen LogP) is 2.30. The van der Waals surface area contributed by atoms with Crippen LogP contribution in [0.5, 0.6) is 0 Å². The molecule has 2 aromatic heterocycles. The summed E-state index contributed by atoms with van der Waals surface area (Å²) in [6.45, 7) is 3.34. The van der Waals surface area contributed by atoms with Crippen molar-refractivity contribution in [2.75, 3.05) is 12.3 Å². The van der Waals surface area contributed by atoms with Gasteiger partial charge in [-0.05, 0) is 25.4 Å². The van der Waals surface area contributed by atoms with Gasteiger partial charge in [0.2, 0.25) is 5.28 Å². The molecule has 1 unspecified atom stereocenters. The lowest BCUT2D eigenvalue weighted by Crippen LogP contribution is -2.46. The van der Waals surface area contributed by atoms with Crippen LogP contribution in [0.15, 0.2) is 6.33 Å². The molecule has 2 aromatic rings. The average Bonchev–Trinajstić information content (AvgIpc) is 3.15. The van der Waals surface area contributed by atoms with E-state index < -0.39 is 25.8 Å². The zero-order valence-corrected chi connectivity index (χ0v) is 16.2. The smallest absolute Gasteiger partial charge is 0.382 e. The molecule has 0 spiro atoms. The molecule has 12 heteroatoms. The molecule has 10 nitrogen and oxygen atoms in total. The third-order valence-electron chi connectivity index (χ3n) is 4.29. The van der Waals surface area contributed by atoms with Crippen molar-refractivity contribution in [2.45, 2.75) is 44.3 Å². The Morgan fingerprint density at radius 1 is 1.56 bits per heavy atom. The third kappa shape index (κ3) is 3.10. The van der Waals surface area contributed by atoms with Crippen LogP contribution >= 0.6 is 19.4 Å². The van der Waals surface area contributed by atoms with Crippen LogP contribution in [0.4, 0.5) is 5.82 Å². The van der Waals surface area contributed by atoms with Gasteiger partial charge >= 0.3 is 7.82 Å². The molecule has 4 heterocycles. The van der Waals surface area contributed by atoms with Gasteiger partial charge in [-0.2, -0.15) is 9.97 Å². The number of rotatable bonds is 3. The normalized spacial score (nSPS) is 33.3. The van der Waals surface area contributed by atoms with E-state index >= 15 is 0 Å². The number of aromatic nitrogens is 4. The Hall–Kier alpha value is -1.73. The fourth-order valence-corrected chi connectivity index (χ4v) is 4.91. The lowest BCUT2D eigenvalue weighted by molar-refractivity contribution is -0.114. The molecule has 0 aromatic carbocycles. The van der Waals surface area contributed by atoms with E-state index in [1.165, 1.54) is 6.33 Å². The van der Waals surface area contributed by atoms with Gasteiger partial charge in [0, 0.05) is 6.42 Å². The molecule has 2 fully saturated rings. The second-order valence-electron chi connectivity index (χ2n) is 6.51. The van der Waals surface area contributed by atoms with Crippen molar-refractivity contribution in [2.24, 2.45) is 0 Å². The van der Waals surface area contributed by atoms with Gasteiger partial charge < -0.3 is 10.5 Å². The lowest BCUT2D eigenvalue weighted by atomic mass is 9.99. The second kappa shape index (κ2) is 6.41. The van der Waals surface area contributed by atoms with E-state index in [2.05, 4.69) is 20.9 Å². The van der Waals surface area contributed by atoms with Crippen molar-refractivity contribution in [3.05, 3.63) is 11.6 Å². The van der Waals surface area contributed by atoms with Crippen LogP contribution in [0.1, 0.15) is 26.5 Å². The topological polar surface area (TPSA) is 124 Å². The minimum atomic E-state index is -3.73. The van der Waals surface area contributed by atoms with Gasteiger partial charge in [-0.15, -0.1) is 6.42 Å². The standard InChI is InChI=1S/C15H17ClN5O5P/c1-4-15-6-23-27(22,25-8(2)3)26-9(15)5-10(24-15)21-7-18-11-12(17)19-14(16)20-13(11)21/h1,7-10H,5-6H2,2-3H3,(H2,17,19,20)/t9-,10+,15+,27?/m0/s1. The molecule has 0 amide bonds. The Morgan fingerprint density at radius 2 is 2.33 bits per heavy atom. The van der Waals surface area contributed by atoms with Crippen LogP contribution in [0.25, 0.3) is 11.2 Å². The summed E-state index contributed by atoms with van der Waals surface area (Å²) in [6.07, 6.45) is 5.84. The van der Waals surface area contributed by atoms with Crippen LogP contribution in [0.3, 0.4) is 0 Å². The number of nitrogens with two attached hydrogens (primary N) is 1. The number of halogens is 1. The highest BCUT2D eigenvalue weighted by molar-refractivity contribution is 7.48. The van der Waals surface area contributed by atoms with Gasteiger partial charge in [-0.25, -0.2) is 9.55 Å². The number of hydrogen-bond donors (Lipinski definition) is 1. The van der Waals surface area contributed by atoms with Gasteiger partial charge in [-0.1, -0.05) is 5.92 Å². The molecular weight excluding hydrogens is 397 g/mol. The maximum atomic E-state index is 12.7. The first kappa shape index (κ1) is 18.6. The Bertz CT molecular complexity index is 991. The highest BCUT2D eigenvalue weighted by atomic mass is 35.5. The summed E-state index contributed by atoms with van der Waals surface area (Å²) in [6, 6.07) is 0. The summed E-state index contributed by atoms with van der Waals surface area (Å²) in [4.78, 5) is 12.3. The van der Waals surface area contributed by atoms with E-state index in [0.717, 1.165) is 0 Å². The monoisotopic (exact) mass is 413 g/mol. The maximum absolute atomic E-state index is 12.7. The quantitative estimate of drug-likeness (QED) is 0.458. The largest absolute Gasteiger partial charge is 0.475 e. The van der Waals surface area contributed by atoms with E-state index in [4.69, 9.17) is 42.1 Å². The first-order chi connectivity index (χ1) is 12.8. The number of terminal acetylenes is 1. The van der Waals surface area contributed by atoms with Crippen molar-refractivity contribution in [3.63, 3.8) is 0 Å². The van der Waals surface area contributed by atoms with E-state index in [1.807, 2.05) is 0 Å². The van der Waals surface area contributed by atoms with Gasteiger partial charge in [0.15, 0.2) is 17.1 Å². The van der Waals surface area contributed by atoms with Crippen LogP contribution in [-0.4, -0.2) is 43.9 Å². The molecule has 4 atom stereocenters. The SMILES string of the molecule is C#C[C@@]12COP(=O)(OC(C)C)O[C@H]1C[C@H](n1cnc3c(N)nc(Cl)nc31)O2. The van der Waals surface area contributed by atoms with Gasteiger partial charge in [-0.3, -0.25) is 18.1 Å². The molecule has 0 saturated carbocycles. The van der Waals surface area contributed by atoms with Gasteiger partial charge in [0.05, 0.1) is 12.4 Å². The summed E-state index contributed by atoms with van der Waals surface area (Å²) >= 11 is 5.91. The first-order valence-corrected chi connectivity index (χ1v) is 10.0. The van der Waals surface area contributed by atoms with E-state index in [0.29, 0.717) is 11.2 Å². The zero-order valence-electron chi connectivity index (χ0n) is 14.5. The number of nitrogens with zero attached hydrogens (tertiary/aromatic N) is 4. The Kier molecular flexibility index (Phi) is 4.42. The number of nitrogen functional groups attached to an aromatic ring is 1. The van der Waals surface area contributed by atoms with Gasteiger partial charge in [0.25, 0.3) is 0 Å². The number of imidazole rings is 1. The fourth-order valence-electron chi connectivity index (χ4n) is 3.13. The molecule has 0 aliphatic carbocycles. The number of ether oxygens (including phenoxy) is 1. The minimum absolute atomic E-state index is 0.0155. The van der Waals surface area contributed by atoms with Crippen LogP contribution in [-0.2, 0) is 22.9 Å². The summed E-state index contributed by atoms with van der Waals surface area (Å²) in [5.41, 5.74) is 5.41. The third-order valence-corrected chi connectivity index (χ3v) is 6.10. The van der Waals surface area contributed by atoms with Crippen LogP contribution < -0.4 is 5.73 Å². The molecule has 0 bridgehead atoms. The molecule has 2 saturated heterocycles. The first-order valence-electron chi connectivity index (χ1n) is 8.18. The minimum Gasteiger partial charge on any atom is -0.382 e. The molecule has 0 radical (unpaired) electrons. The van der Waals surface area contributed by atoms with Crippen molar-refractivity contribution in [1.29, 1.82) is 0 Å². The predicted molar refractivity (Wildman–Crippen MR) is 95.7 cm³/mol. The van der Waals surface area contributed by atoms with Gasteiger partial charge in [0.1, 0.15) is 24.5 Å². The molecule has 144 valence electrons. The molecular formula is C15H17ClN5O5P. The number of hydrogen-bond acceptors (Lipinski definition) is 9. The number of anilines is 1. The Morgan fingerprint density at radius 3 is 3.04 bits per heavy atom. The zero-order chi connectivity index (χ0) is 19.4. The summed E-state index contributed by atoms with van der Waals surface area (Å²) < 4.78 is 36.6. The average molecular weight is 414 g/mol. The molecule has 2 N–H and O–H groups in total. The van der Waals surface area contributed by atoms with Crippen LogP contribution in [0, 0.1) is 12.3 Å². The molecule has 4 rings (SSSR count). The van der Waals surface area contributed by atoms with E-state index in [-0.39, 0.29) is 30.2 Å². The second-order valence-corrected chi connectivity index (χ2v) is 8.43. The maximum Gasteiger partial charge on any atom is 0.475 e. The van der Waals surface area contributed by atoms with Crippen LogP contribution in [0.2, 0.25) is 5.28 Å². The summed E-state index contributed by atoms with van der Waals surface area (Å²) in [5.74, 6) is 2.72. The molecule has 27 heavy (non-hydrogen) atoms.